The molecule has 3 aromatic rings. The first kappa shape index (κ1) is 22.4. The first-order valence-electron chi connectivity index (χ1n) is 10.9. The van der Waals surface area contributed by atoms with E-state index < -0.39 is 17.7 Å². The van der Waals surface area contributed by atoms with Crippen LogP contribution in [0.1, 0.15) is 42.3 Å². The van der Waals surface area contributed by atoms with Gasteiger partial charge in [-0.05, 0) is 79.4 Å². The van der Waals surface area contributed by atoms with Crippen molar-refractivity contribution in [2.24, 2.45) is 5.92 Å². The zero-order valence-electron chi connectivity index (χ0n) is 19.2. The van der Waals surface area contributed by atoms with Gasteiger partial charge in [0.25, 0.3) is 11.7 Å². The minimum Gasteiger partial charge on any atom is -0.507 e. The van der Waals surface area contributed by atoms with Crippen molar-refractivity contribution >= 4 is 23.1 Å². The Bertz CT molecular complexity index is 1190. The van der Waals surface area contributed by atoms with Gasteiger partial charge in [-0.3, -0.25) is 14.5 Å². The molecule has 2 heterocycles. The Hall–Kier alpha value is -3.80. The summed E-state index contributed by atoms with van der Waals surface area (Å²) >= 11 is 0. The van der Waals surface area contributed by atoms with Crippen LogP contribution < -0.4 is 9.64 Å². The van der Waals surface area contributed by atoms with E-state index >= 15 is 0 Å². The topological polar surface area (TPSA) is 80.0 Å². The third kappa shape index (κ3) is 4.42. The number of anilines is 1. The van der Waals surface area contributed by atoms with Gasteiger partial charge in [-0.15, -0.1) is 0 Å². The second-order valence-corrected chi connectivity index (χ2v) is 8.76. The van der Waals surface area contributed by atoms with Gasteiger partial charge in [0, 0.05) is 11.3 Å². The highest BCUT2D eigenvalue weighted by atomic mass is 16.5. The zero-order valence-corrected chi connectivity index (χ0v) is 19.2. The summed E-state index contributed by atoms with van der Waals surface area (Å²) in [4.78, 5) is 27.7. The molecule has 1 unspecified atom stereocenters. The minimum atomic E-state index is -0.877. The third-order valence-electron chi connectivity index (χ3n) is 5.45. The molecule has 1 fully saturated rings. The van der Waals surface area contributed by atoms with E-state index in [4.69, 9.17) is 9.15 Å². The van der Waals surface area contributed by atoms with Crippen molar-refractivity contribution in [3.8, 4) is 5.75 Å². The lowest BCUT2D eigenvalue weighted by Crippen LogP contribution is -2.29. The van der Waals surface area contributed by atoms with Crippen LogP contribution in [0.4, 0.5) is 5.69 Å². The van der Waals surface area contributed by atoms with Crippen molar-refractivity contribution in [2.45, 2.75) is 33.7 Å². The Morgan fingerprint density at radius 2 is 1.73 bits per heavy atom. The summed E-state index contributed by atoms with van der Waals surface area (Å²) in [6, 6.07) is 15.0. The number of furan rings is 1. The smallest absolute Gasteiger partial charge is 0.300 e. The summed E-state index contributed by atoms with van der Waals surface area (Å²) in [6.07, 6.45) is 1.48. The Kier molecular flexibility index (Phi) is 6.09. The Balaban J connectivity index is 1.80. The van der Waals surface area contributed by atoms with Crippen molar-refractivity contribution in [2.75, 3.05) is 11.5 Å². The number of aliphatic hydroxyl groups excluding tert-OH is 1. The number of amides is 1. The molecule has 0 aliphatic carbocycles. The molecule has 170 valence electrons. The van der Waals surface area contributed by atoms with Gasteiger partial charge < -0.3 is 14.3 Å². The maximum Gasteiger partial charge on any atom is 0.300 e. The van der Waals surface area contributed by atoms with Crippen molar-refractivity contribution in [3.05, 3.63) is 88.9 Å². The van der Waals surface area contributed by atoms with Crippen LogP contribution in [0.5, 0.6) is 5.75 Å². The van der Waals surface area contributed by atoms with Gasteiger partial charge >= 0.3 is 0 Å². The van der Waals surface area contributed by atoms with Crippen molar-refractivity contribution < 1.29 is 23.8 Å². The predicted octanol–water partition coefficient (Wildman–Crippen LogP) is 5.56. The minimum absolute atomic E-state index is 0.00930. The van der Waals surface area contributed by atoms with Crippen LogP contribution in [0.25, 0.3) is 5.76 Å². The largest absolute Gasteiger partial charge is 0.507 e. The predicted molar refractivity (Wildman–Crippen MR) is 126 cm³/mol. The van der Waals surface area contributed by atoms with E-state index in [0.717, 1.165) is 11.1 Å². The van der Waals surface area contributed by atoms with Crippen LogP contribution in [0.3, 0.4) is 0 Å². The maximum absolute atomic E-state index is 13.2. The molecule has 1 N–H and O–H groups in total. The lowest BCUT2D eigenvalue weighted by molar-refractivity contribution is -0.132. The molecule has 0 saturated carbocycles. The third-order valence-corrected chi connectivity index (χ3v) is 5.45. The number of ketones is 1. The zero-order chi connectivity index (χ0) is 23.7. The van der Waals surface area contributed by atoms with E-state index in [1.54, 1.807) is 36.4 Å². The highest BCUT2D eigenvalue weighted by molar-refractivity contribution is 6.51. The summed E-state index contributed by atoms with van der Waals surface area (Å²) in [5.41, 5.74) is 2.91. The maximum atomic E-state index is 13.2. The van der Waals surface area contributed by atoms with E-state index in [0.29, 0.717) is 35.3 Å². The molecule has 1 amide bonds. The van der Waals surface area contributed by atoms with Gasteiger partial charge in [0.1, 0.15) is 23.3 Å². The highest BCUT2D eigenvalue weighted by Crippen LogP contribution is 2.42. The summed E-state index contributed by atoms with van der Waals surface area (Å²) in [5.74, 6) is -0.275. The molecule has 1 aliphatic rings. The molecular formula is C27H27NO5. The number of Topliss-reactive ketones (excluding diaryl/α,β-unsaturated/α-hetero) is 1. The van der Waals surface area contributed by atoms with Gasteiger partial charge in [0.05, 0.1) is 18.4 Å². The van der Waals surface area contributed by atoms with Gasteiger partial charge in [0.2, 0.25) is 0 Å². The van der Waals surface area contributed by atoms with Gasteiger partial charge in [-0.2, -0.15) is 0 Å². The Morgan fingerprint density at radius 3 is 2.30 bits per heavy atom. The van der Waals surface area contributed by atoms with Crippen molar-refractivity contribution in [1.29, 1.82) is 0 Å². The molecule has 33 heavy (non-hydrogen) atoms. The van der Waals surface area contributed by atoms with E-state index in [2.05, 4.69) is 13.8 Å². The number of aliphatic hydroxyl groups is 1. The van der Waals surface area contributed by atoms with E-state index in [1.165, 1.54) is 11.2 Å². The molecule has 6 heteroatoms. The average Bonchev–Trinajstić information content (AvgIpc) is 3.38. The fraction of sp³-hybridized carbons (Fsp3) is 0.259. The second kappa shape index (κ2) is 8.98. The fourth-order valence-electron chi connectivity index (χ4n) is 4.03. The van der Waals surface area contributed by atoms with Crippen LogP contribution in [0.15, 0.2) is 70.9 Å². The number of ether oxygens (including phenoxy) is 1. The molecule has 1 aliphatic heterocycles. The summed E-state index contributed by atoms with van der Waals surface area (Å²) in [6.45, 7) is 8.55. The molecular weight excluding hydrogens is 418 g/mol. The van der Waals surface area contributed by atoms with Gasteiger partial charge in [-0.1, -0.05) is 19.9 Å². The first-order valence-corrected chi connectivity index (χ1v) is 10.9. The Morgan fingerprint density at radius 1 is 1.06 bits per heavy atom. The van der Waals surface area contributed by atoms with Crippen molar-refractivity contribution in [3.63, 3.8) is 0 Å². The SMILES string of the molecule is Cc1cc(C)cc(N2C(=O)C(=O)/C(=C(\O)c3ccc(OCC(C)C)cc3)C2c2ccco2)c1. The van der Waals surface area contributed by atoms with Crippen LogP contribution in [0.2, 0.25) is 0 Å². The number of benzene rings is 2. The number of carbonyl (C=O) groups excluding carboxylic acids is 2. The van der Waals surface area contributed by atoms with Gasteiger partial charge in [0.15, 0.2) is 0 Å². The number of hydrogen-bond acceptors (Lipinski definition) is 5. The molecule has 0 bridgehead atoms. The average molecular weight is 446 g/mol. The van der Waals surface area contributed by atoms with E-state index in [-0.39, 0.29) is 11.3 Å². The van der Waals surface area contributed by atoms with Gasteiger partial charge in [-0.25, -0.2) is 0 Å². The lowest BCUT2D eigenvalue weighted by atomic mass is 9.99. The number of nitrogens with zero attached hydrogens (tertiary/aromatic N) is 1. The quantitative estimate of drug-likeness (QED) is 0.305. The number of aryl methyl sites for hydroxylation is 2. The molecule has 4 rings (SSSR count). The Labute approximate surface area is 193 Å². The van der Waals surface area contributed by atoms with E-state index in [9.17, 15) is 14.7 Å². The highest BCUT2D eigenvalue weighted by Gasteiger charge is 2.48. The molecule has 1 aromatic heterocycles. The lowest BCUT2D eigenvalue weighted by Gasteiger charge is -2.24. The second-order valence-electron chi connectivity index (χ2n) is 8.76. The molecule has 2 aromatic carbocycles. The number of hydrogen-bond donors (Lipinski definition) is 1. The summed E-state index contributed by atoms with van der Waals surface area (Å²) in [5, 5.41) is 11.2. The number of carbonyl (C=O) groups is 2. The normalized spacial score (nSPS) is 17.7. The first-order chi connectivity index (χ1) is 15.8. The summed E-state index contributed by atoms with van der Waals surface area (Å²) in [7, 11) is 0. The van der Waals surface area contributed by atoms with Crippen LogP contribution in [-0.2, 0) is 9.59 Å². The standard InChI is InChI=1S/C27H27NO5/c1-16(2)15-33-21-9-7-19(8-10-21)25(29)23-24(22-6-5-11-32-22)28(27(31)26(23)30)20-13-17(3)12-18(4)14-20/h5-14,16,24,29H,15H2,1-4H3/b25-23-. The van der Waals surface area contributed by atoms with Crippen molar-refractivity contribution in [1.82, 2.24) is 0 Å². The van der Waals surface area contributed by atoms with Crippen LogP contribution in [0, 0.1) is 19.8 Å². The number of rotatable bonds is 6. The summed E-state index contributed by atoms with van der Waals surface area (Å²) < 4.78 is 11.3. The van der Waals surface area contributed by atoms with E-state index in [1.807, 2.05) is 32.0 Å². The molecule has 1 saturated heterocycles. The molecule has 6 nitrogen and oxygen atoms in total. The monoisotopic (exact) mass is 445 g/mol. The van der Waals surface area contributed by atoms with Crippen LogP contribution in [-0.4, -0.2) is 23.4 Å². The fourth-order valence-corrected chi connectivity index (χ4v) is 4.03. The van der Waals surface area contributed by atoms with Crippen LogP contribution >= 0.6 is 0 Å². The molecule has 0 spiro atoms. The molecule has 1 atom stereocenters. The molecule has 0 radical (unpaired) electrons.